The number of H-pyrrole nitrogens is 1. The predicted molar refractivity (Wildman–Crippen MR) is 96.6 cm³/mol. The number of pyridine rings is 1. The van der Waals surface area contributed by atoms with Gasteiger partial charge in [-0.05, 0) is 41.5 Å². The number of nitrogens with zero attached hydrogens (tertiary/aromatic N) is 1. The van der Waals surface area contributed by atoms with Gasteiger partial charge in [0.15, 0.2) is 0 Å². The number of benzene rings is 2. The highest BCUT2D eigenvalue weighted by Crippen LogP contribution is 2.32. The van der Waals surface area contributed by atoms with Crippen molar-refractivity contribution in [1.29, 1.82) is 0 Å². The van der Waals surface area contributed by atoms with Gasteiger partial charge in [0.2, 0.25) is 5.60 Å². The number of amides is 2. The molecule has 2 amide bonds. The minimum Gasteiger partial charge on any atom is -0.427 e. The maximum Gasteiger partial charge on any atom is 0.417 e. The van der Waals surface area contributed by atoms with Crippen LogP contribution in [0.25, 0.3) is 22.0 Å². The number of likely N-dealkylation sites (N-methyl/N-ethyl adjacent to an activating group) is 1. The van der Waals surface area contributed by atoms with Gasteiger partial charge >= 0.3 is 6.09 Å². The molecule has 0 saturated carbocycles. The highest BCUT2D eigenvalue weighted by Gasteiger charge is 2.51. The highest BCUT2D eigenvalue weighted by molar-refractivity contribution is 6.02. The molecule has 1 atom stereocenters. The summed E-state index contributed by atoms with van der Waals surface area (Å²) in [4.78, 5) is 40.3. The fraction of sp³-hybridized carbons (Fsp3) is 0.150. The lowest BCUT2D eigenvalue weighted by atomic mass is 9.95. The fourth-order valence-electron chi connectivity index (χ4n) is 3.23. The molecule has 4 rings (SSSR count). The normalized spacial score (nSPS) is 19.8. The van der Waals surface area contributed by atoms with Gasteiger partial charge in [-0.25, -0.2) is 9.69 Å². The van der Waals surface area contributed by atoms with Crippen molar-refractivity contribution in [2.45, 2.75) is 12.5 Å². The van der Waals surface area contributed by atoms with Crippen LogP contribution in [-0.4, -0.2) is 28.9 Å². The number of carbonyl (C=O) groups is 2. The number of aromatic amines is 1. The van der Waals surface area contributed by atoms with E-state index in [1.165, 1.54) is 20.0 Å². The quantitative estimate of drug-likeness (QED) is 0.772. The van der Waals surface area contributed by atoms with Crippen LogP contribution in [0.15, 0.2) is 59.4 Å². The Hall–Kier alpha value is -3.41. The zero-order valence-electron chi connectivity index (χ0n) is 14.3. The second-order valence-electron chi connectivity index (χ2n) is 6.44. The minimum absolute atomic E-state index is 0.102. The Balaban J connectivity index is 1.78. The van der Waals surface area contributed by atoms with Crippen molar-refractivity contribution in [3.63, 3.8) is 0 Å². The molecule has 3 aromatic rings. The van der Waals surface area contributed by atoms with Gasteiger partial charge in [-0.3, -0.25) is 9.59 Å². The highest BCUT2D eigenvalue weighted by atomic mass is 16.6. The van der Waals surface area contributed by atoms with Crippen LogP contribution in [0.3, 0.4) is 0 Å². The van der Waals surface area contributed by atoms with Crippen molar-refractivity contribution in [2.75, 3.05) is 7.05 Å². The molecule has 6 heteroatoms. The summed E-state index contributed by atoms with van der Waals surface area (Å²) in [6, 6.07) is 17.1. The first-order chi connectivity index (χ1) is 12.4. The molecule has 1 unspecified atom stereocenters. The van der Waals surface area contributed by atoms with Gasteiger partial charge in [0.25, 0.3) is 11.5 Å². The van der Waals surface area contributed by atoms with Gasteiger partial charge in [0.1, 0.15) is 0 Å². The van der Waals surface area contributed by atoms with E-state index in [1.807, 2.05) is 42.5 Å². The summed E-state index contributed by atoms with van der Waals surface area (Å²) in [5.74, 6) is -0.563. The number of fused-ring (bicyclic) bond motifs is 1. The first kappa shape index (κ1) is 16.1. The summed E-state index contributed by atoms with van der Waals surface area (Å²) < 4.78 is 5.16. The van der Waals surface area contributed by atoms with Crippen LogP contribution in [0.4, 0.5) is 4.79 Å². The van der Waals surface area contributed by atoms with Crippen LogP contribution < -0.4 is 5.56 Å². The van der Waals surface area contributed by atoms with Gasteiger partial charge in [-0.15, -0.1) is 0 Å². The maximum atomic E-state index is 12.6. The minimum atomic E-state index is -1.61. The molecule has 0 spiro atoms. The Labute approximate surface area is 149 Å². The molecule has 26 heavy (non-hydrogen) atoms. The monoisotopic (exact) mass is 348 g/mol. The van der Waals surface area contributed by atoms with Crippen molar-refractivity contribution >= 4 is 22.8 Å². The van der Waals surface area contributed by atoms with E-state index in [1.54, 1.807) is 6.07 Å². The smallest absolute Gasteiger partial charge is 0.417 e. The maximum absolute atomic E-state index is 12.6. The molecular weight excluding hydrogens is 332 g/mol. The third-order valence-electron chi connectivity index (χ3n) is 4.76. The average Bonchev–Trinajstić information content (AvgIpc) is 2.84. The first-order valence-electron chi connectivity index (χ1n) is 8.14. The number of hydrogen-bond acceptors (Lipinski definition) is 4. The molecule has 0 radical (unpaired) electrons. The van der Waals surface area contributed by atoms with Crippen LogP contribution >= 0.6 is 0 Å². The van der Waals surface area contributed by atoms with Crippen LogP contribution in [0.5, 0.6) is 0 Å². The Morgan fingerprint density at radius 2 is 1.69 bits per heavy atom. The van der Waals surface area contributed by atoms with Crippen LogP contribution in [0.2, 0.25) is 0 Å². The molecule has 0 aliphatic carbocycles. The van der Waals surface area contributed by atoms with E-state index in [9.17, 15) is 14.4 Å². The zero-order chi connectivity index (χ0) is 18.5. The topological polar surface area (TPSA) is 79.5 Å². The third kappa shape index (κ3) is 2.30. The molecule has 6 nitrogen and oxygen atoms in total. The number of ether oxygens (including phenoxy) is 1. The van der Waals surface area contributed by atoms with E-state index >= 15 is 0 Å². The predicted octanol–water partition coefficient (Wildman–Crippen LogP) is 3.02. The first-order valence-corrected chi connectivity index (χ1v) is 8.14. The summed E-state index contributed by atoms with van der Waals surface area (Å²) in [5.41, 5.74) is -0.497. The van der Waals surface area contributed by atoms with E-state index in [4.69, 9.17) is 4.74 Å². The standard InChI is InChI=1S/C20H16N2O4/c1-20(18(24)22(2)19(25)26-20)15-9-10-16(21-17(15)23)14-8-7-12-5-3-4-6-13(12)11-14/h3-11H,1-2H3,(H,21,23). The summed E-state index contributed by atoms with van der Waals surface area (Å²) in [6.45, 7) is 1.43. The molecular formula is C20H16N2O4. The summed E-state index contributed by atoms with van der Waals surface area (Å²) >= 11 is 0. The number of nitrogens with one attached hydrogen (secondary N) is 1. The van der Waals surface area contributed by atoms with Crippen molar-refractivity contribution in [3.8, 4) is 11.3 Å². The van der Waals surface area contributed by atoms with Gasteiger partial charge in [-0.2, -0.15) is 0 Å². The van der Waals surface area contributed by atoms with Crippen molar-refractivity contribution < 1.29 is 14.3 Å². The van der Waals surface area contributed by atoms with Gasteiger partial charge in [0, 0.05) is 12.7 Å². The summed E-state index contributed by atoms with van der Waals surface area (Å²) in [5, 5.41) is 2.16. The van der Waals surface area contributed by atoms with E-state index in [-0.39, 0.29) is 5.56 Å². The van der Waals surface area contributed by atoms with E-state index < -0.39 is 23.2 Å². The number of aromatic nitrogens is 1. The third-order valence-corrected chi connectivity index (χ3v) is 4.76. The number of carbonyl (C=O) groups excluding carboxylic acids is 2. The molecule has 1 fully saturated rings. The number of hydrogen-bond donors (Lipinski definition) is 1. The van der Waals surface area contributed by atoms with Crippen molar-refractivity contribution in [1.82, 2.24) is 9.88 Å². The van der Waals surface area contributed by atoms with Crippen molar-refractivity contribution in [2.24, 2.45) is 0 Å². The fourth-order valence-corrected chi connectivity index (χ4v) is 3.23. The van der Waals surface area contributed by atoms with Crippen LogP contribution in [0.1, 0.15) is 12.5 Å². The number of rotatable bonds is 2. The molecule has 130 valence electrons. The Kier molecular flexibility index (Phi) is 3.44. The molecule has 1 aliphatic heterocycles. The molecule has 1 N–H and O–H groups in total. The van der Waals surface area contributed by atoms with Gasteiger partial charge in [0.05, 0.1) is 5.56 Å². The summed E-state index contributed by atoms with van der Waals surface area (Å²) in [6.07, 6.45) is -0.768. The lowest BCUT2D eigenvalue weighted by Crippen LogP contribution is -2.38. The van der Waals surface area contributed by atoms with Crippen molar-refractivity contribution in [3.05, 3.63) is 70.5 Å². The largest absolute Gasteiger partial charge is 0.427 e. The van der Waals surface area contributed by atoms with Gasteiger partial charge in [-0.1, -0.05) is 36.4 Å². The van der Waals surface area contributed by atoms with Gasteiger partial charge < -0.3 is 9.72 Å². The second kappa shape index (κ2) is 5.56. The molecule has 2 aromatic carbocycles. The summed E-state index contributed by atoms with van der Waals surface area (Å²) in [7, 11) is 1.33. The Morgan fingerprint density at radius 1 is 0.962 bits per heavy atom. The SMILES string of the molecule is CN1C(=O)OC(C)(c2ccc(-c3ccc4ccccc4c3)[nH]c2=O)C1=O. The molecule has 0 bridgehead atoms. The van der Waals surface area contributed by atoms with Crippen LogP contribution in [-0.2, 0) is 15.1 Å². The average molecular weight is 348 g/mol. The Morgan fingerprint density at radius 3 is 2.35 bits per heavy atom. The van der Waals surface area contributed by atoms with E-state index in [0.29, 0.717) is 5.69 Å². The molecule has 1 saturated heterocycles. The number of imide groups is 1. The van der Waals surface area contributed by atoms with E-state index in [0.717, 1.165) is 21.2 Å². The van der Waals surface area contributed by atoms with E-state index in [2.05, 4.69) is 4.98 Å². The molecule has 1 aliphatic rings. The lowest BCUT2D eigenvalue weighted by molar-refractivity contribution is -0.135. The second-order valence-corrected chi connectivity index (χ2v) is 6.44. The zero-order valence-corrected chi connectivity index (χ0v) is 14.3. The lowest BCUT2D eigenvalue weighted by Gasteiger charge is -2.19. The molecule has 1 aromatic heterocycles. The molecule has 2 heterocycles. The van der Waals surface area contributed by atoms with Crippen LogP contribution in [0, 0.1) is 0 Å². The Bertz CT molecular complexity index is 1120. The number of cyclic esters (lactones) is 1.